The van der Waals surface area contributed by atoms with Crippen LogP contribution in [0.15, 0.2) is 42.7 Å². The smallest absolute Gasteiger partial charge is 0.250 e. The van der Waals surface area contributed by atoms with E-state index in [4.69, 9.17) is 0 Å². The molecule has 146 valence electrons. The van der Waals surface area contributed by atoms with Gasteiger partial charge in [-0.05, 0) is 44.1 Å². The number of benzene rings is 1. The van der Waals surface area contributed by atoms with Crippen molar-refractivity contribution < 1.29 is 4.79 Å². The van der Waals surface area contributed by atoms with Crippen LogP contribution in [0.2, 0.25) is 0 Å². The summed E-state index contributed by atoms with van der Waals surface area (Å²) in [4.78, 5) is 19.8. The third-order valence-electron chi connectivity index (χ3n) is 4.83. The van der Waals surface area contributed by atoms with Crippen LogP contribution in [0.3, 0.4) is 0 Å². The van der Waals surface area contributed by atoms with Gasteiger partial charge >= 0.3 is 0 Å². The van der Waals surface area contributed by atoms with Crippen LogP contribution in [0.1, 0.15) is 17.8 Å². The average molecular weight is 428 g/mol. The van der Waals surface area contributed by atoms with Crippen LogP contribution in [0.25, 0.3) is 10.2 Å². The molecule has 27 heavy (non-hydrogen) atoms. The summed E-state index contributed by atoms with van der Waals surface area (Å²) in [6, 6.07) is 9.96. The Labute approximate surface area is 174 Å². The normalized spacial score (nSPS) is 15.6. The van der Waals surface area contributed by atoms with Gasteiger partial charge in [-0.25, -0.2) is 4.98 Å². The van der Waals surface area contributed by atoms with E-state index in [1.54, 1.807) is 22.4 Å². The summed E-state index contributed by atoms with van der Waals surface area (Å²) < 4.78 is 2.99. The molecule has 1 aliphatic heterocycles. The first kappa shape index (κ1) is 21.6. The standard InChI is InChI=1S/C18H21N5OS.2ClH/c1-22(13-16-21-14-5-2-3-6-15(14)25-16)17(24)18(7-10-19-11-8-18)23-12-4-9-20-23;;/h2-6,9,12,19H,7-8,10-11,13H2,1H3;2*1H. The van der Waals surface area contributed by atoms with Crippen LogP contribution >= 0.6 is 36.2 Å². The van der Waals surface area contributed by atoms with E-state index in [1.165, 1.54) is 0 Å². The molecule has 0 aliphatic carbocycles. The number of likely N-dealkylation sites (N-methyl/N-ethyl adjacent to an activating group) is 1. The molecule has 1 saturated heterocycles. The van der Waals surface area contributed by atoms with Gasteiger partial charge in [0, 0.05) is 19.4 Å². The van der Waals surface area contributed by atoms with Crippen molar-refractivity contribution in [2.45, 2.75) is 24.9 Å². The first-order valence-corrected chi connectivity index (χ1v) is 9.31. The number of hydrogen-bond donors (Lipinski definition) is 1. The molecule has 1 fully saturated rings. The minimum Gasteiger partial charge on any atom is -0.337 e. The summed E-state index contributed by atoms with van der Waals surface area (Å²) >= 11 is 1.65. The first-order valence-electron chi connectivity index (χ1n) is 8.50. The van der Waals surface area contributed by atoms with E-state index in [0.29, 0.717) is 6.54 Å². The van der Waals surface area contributed by atoms with Gasteiger partial charge in [0.1, 0.15) is 10.5 Å². The van der Waals surface area contributed by atoms with E-state index >= 15 is 0 Å². The highest BCUT2D eigenvalue weighted by molar-refractivity contribution is 7.18. The lowest BCUT2D eigenvalue weighted by Crippen LogP contribution is -2.54. The SMILES string of the molecule is CN(Cc1nc2ccccc2s1)C(=O)C1(n2cccn2)CCNCC1.Cl.Cl. The zero-order valence-electron chi connectivity index (χ0n) is 15.0. The van der Waals surface area contributed by atoms with E-state index in [-0.39, 0.29) is 30.7 Å². The summed E-state index contributed by atoms with van der Waals surface area (Å²) in [6.07, 6.45) is 5.13. The van der Waals surface area contributed by atoms with Crippen molar-refractivity contribution in [1.29, 1.82) is 0 Å². The molecule has 0 unspecified atom stereocenters. The molecular formula is C18H23Cl2N5OS. The second-order valence-corrected chi connectivity index (χ2v) is 7.58. The Morgan fingerprint density at radius 2 is 2.00 bits per heavy atom. The largest absolute Gasteiger partial charge is 0.337 e. The predicted octanol–water partition coefficient (Wildman–Crippen LogP) is 3.07. The molecule has 9 heteroatoms. The second kappa shape index (κ2) is 9.01. The molecule has 1 aromatic carbocycles. The maximum absolute atomic E-state index is 13.4. The van der Waals surface area contributed by atoms with Gasteiger partial charge in [-0.2, -0.15) is 5.10 Å². The van der Waals surface area contributed by atoms with Gasteiger partial charge in [0.25, 0.3) is 5.91 Å². The Bertz CT molecular complexity index is 844. The Morgan fingerprint density at radius 1 is 1.26 bits per heavy atom. The lowest BCUT2D eigenvalue weighted by molar-refractivity contribution is -0.142. The van der Waals surface area contributed by atoms with Gasteiger partial charge in [-0.3, -0.25) is 9.48 Å². The highest BCUT2D eigenvalue weighted by Crippen LogP contribution is 2.30. The van der Waals surface area contributed by atoms with Crippen molar-refractivity contribution in [3.63, 3.8) is 0 Å². The number of aromatic nitrogens is 3. The van der Waals surface area contributed by atoms with Gasteiger partial charge in [-0.15, -0.1) is 36.2 Å². The van der Waals surface area contributed by atoms with Crippen LogP contribution in [-0.2, 0) is 16.9 Å². The van der Waals surface area contributed by atoms with Gasteiger partial charge < -0.3 is 10.2 Å². The highest BCUT2D eigenvalue weighted by Gasteiger charge is 2.43. The number of fused-ring (bicyclic) bond motifs is 1. The van der Waals surface area contributed by atoms with Crippen molar-refractivity contribution in [2.24, 2.45) is 0 Å². The Hall–Kier alpha value is -1.67. The predicted molar refractivity (Wildman–Crippen MR) is 113 cm³/mol. The average Bonchev–Trinajstić information content (AvgIpc) is 3.31. The lowest BCUT2D eigenvalue weighted by atomic mass is 9.87. The third-order valence-corrected chi connectivity index (χ3v) is 5.85. The summed E-state index contributed by atoms with van der Waals surface area (Å²) in [5.74, 6) is 0.108. The fourth-order valence-corrected chi connectivity index (χ4v) is 4.54. The number of amides is 1. The molecule has 3 aromatic rings. The number of rotatable bonds is 4. The highest BCUT2D eigenvalue weighted by atomic mass is 35.5. The summed E-state index contributed by atoms with van der Waals surface area (Å²) in [7, 11) is 1.86. The number of halogens is 2. The molecule has 0 radical (unpaired) electrons. The van der Waals surface area contributed by atoms with Crippen LogP contribution in [-0.4, -0.2) is 45.7 Å². The molecule has 4 rings (SSSR count). The minimum atomic E-state index is -0.597. The van der Waals surface area contributed by atoms with E-state index < -0.39 is 5.54 Å². The molecule has 6 nitrogen and oxygen atoms in total. The van der Waals surface area contributed by atoms with Crippen molar-refractivity contribution in [3.05, 3.63) is 47.7 Å². The maximum atomic E-state index is 13.4. The monoisotopic (exact) mass is 427 g/mol. The summed E-state index contributed by atoms with van der Waals surface area (Å²) in [5.41, 5.74) is 0.396. The van der Waals surface area contributed by atoms with Crippen LogP contribution in [0.4, 0.5) is 0 Å². The van der Waals surface area contributed by atoms with Crippen molar-refractivity contribution in [2.75, 3.05) is 20.1 Å². The zero-order valence-corrected chi connectivity index (χ0v) is 17.4. The molecule has 1 amide bonds. The molecule has 3 heterocycles. The van der Waals surface area contributed by atoms with E-state index in [1.807, 2.05) is 42.2 Å². The first-order chi connectivity index (χ1) is 12.2. The lowest BCUT2D eigenvalue weighted by Gasteiger charge is -2.39. The van der Waals surface area contributed by atoms with E-state index in [2.05, 4.69) is 21.5 Å². The molecule has 0 atom stereocenters. The van der Waals surface area contributed by atoms with Crippen LogP contribution in [0, 0.1) is 0 Å². The molecule has 0 saturated carbocycles. The molecular weight excluding hydrogens is 405 g/mol. The summed E-state index contributed by atoms with van der Waals surface area (Å²) in [6.45, 7) is 2.16. The molecule has 0 bridgehead atoms. The zero-order chi connectivity index (χ0) is 17.3. The minimum absolute atomic E-state index is 0. The third kappa shape index (κ3) is 4.11. The topological polar surface area (TPSA) is 63.1 Å². The number of para-hydroxylation sites is 1. The van der Waals surface area contributed by atoms with Crippen molar-refractivity contribution in [1.82, 2.24) is 25.0 Å². The molecule has 1 aliphatic rings. The number of hydrogen-bond acceptors (Lipinski definition) is 5. The van der Waals surface area contributed by atoms with Gasteiger partial charge in [-0.1, -0.05) is 12.1 Å². The molecule has 2 aromatic heterocycles. The van der Waals surface area contributed by atoms with Crippen molar-refractivity contribution >= 4 is 52.3 Å². The number of carbonyl (C=O) groups is 1. The van der Waals surface area contributed by atoms with Gasteiger partial charge in [0.15, 0.2) is 0 Å². The number of carbonyl (C=O) groups excluding carboxylic acids is 1. The maximum Gasteiger partial charge on any atom is 0.250 e. The van der Waals surface area contributed by atoms with Crippen LogP contribution < -0.4 is 5.32 Å². The Kier molecular flexibility index (Phi) is 7.22. The molecule has 0 spiro atoms. The van der Waals surface area contributed by atoms with Gasteiger partial charge in [0.05, 0.1) is 16.8 Å². The number of piperidine rings is 1. The summed E-state index contributed by atoms with van der Waals surface area (Å²) in [5, 5.41) is 8.69. The molecule has 1 N–H and O–H groups in total. The van der Waals surface area contributed by atoms with Crippen LogP contribution in [0.5, 0.6) is 0 Å². The Morgan fingerprint density at radius 3 is 2.67 bits per heavy atom. The fraction of sp³-hybridized carbons (Fsp3) is 0.389. The van der Waals surface area contributed by atoms with Gasteiger partial charge in [0.2, 0.25) is 0 Å². The quantitative estimate of drug-likeness (QED) is 0.694. The van der Waals surface area contributed by atoms with E-state index in [0.717, 1.165) is 41.2 Å². The van der Waals surface area contributed by atoms with E-state index in [9.17, 15) is 4.79 Å². The fourth-order valence-electron chi connectivity index (χ4n) is 3.52. The number of thiazole rings is 1. The number of nitrogens with one attached hydrogen (secondary N) is 1. The van der Waals surface area contributed by atoms with Crippen molar-refractivity contribution in [3.8, 4) is 0 Å². The Balaban J connectivity index is 0.00000131. The second-order valence-electron chi connectivity index (χ2n) is 6.47. The number of nitrogens with zero attached hydrogens (tertiary/aromatic N) is 4.